The first kappa shape index (κ1) is 12.6. The van der Waals surface area contributed by atoms with Crippen LogP contribution in [0.2, 0.25) is 0 Å². The lowest BCUT2D eigenvalue weighted by Gasteiger charge is -2.09. The first-order chi connectivity index (χ1) is 9.08. The molecule has 0 unspecified atom stereocenters. The third-order valence-corrected chi connectivity index (χ3v) is 3.72. The van der Waals surface area contributed by atoms with Gasteiger partial charge >= 0.3 is 0 Å². The van der Waals surface area contributed by atoms with Crippen LogP contribution in [0.25, 0.3) is 16.9 Å². The second kappa shape index (κ2) is 4.57. The Hall–Kier alpha value is -1.47. The molecule has 0 saturated heterocycles. The highest BCUT2D eigenvalue weighted by Gasteiger charge is 2.17. The molecule has 2 N–H and O–H groups in total. The fourth-order valence-electron chi connectivity index (χ4n) is 1.88. The number of nitrogens with zero attached hydrogens (tertiary/aromatic N) is 3. The molecule has 1 aromatic carbocycles. The molecule has 7 heteroatoms. The van der Waals surface area contributed by atoms with E-state index in [4.69, 9.17) is 5.73 Å². The summed E-state index contributed by atoms with van der Waals surface area (Å²) in [5.74, 6) is -0.212. The van der Waals surface area contributed by atoms with Crippen molar-refractivity contribution in [3.05, 3.63) is 45.2 Å². The average molecular weight is 386 g/mol. The number of nitrogen functional groups attached to an aromatic ring is 1. The number of rotatable bonds is 1. The molecule has 0 amide bonds. The van der Waals surface area contributed by atoms with Gasteiger partial charge in [0.2, 0.25) is 5.95 Å². The van der Waals surface area contributed by atoms with E-state index in [1.165, 1.54) is 10.6 Å². The minimum atomic E-state index is -0.398. The van der Waals surface area contributed by atoms with Gasteiger partial charge in [-0.25, -0.2) is 14.4 Å². The van der Waals surface area contributed by atoms with Crippen LogP contribution >= 0.6 is 31.9 Å². The third kappa shape index (κ3) is 2.02. The zero-order chi connectivity index (χ0) is 13.6. The smallest absolute Gasteiger partial charge is 0.207 e. The Morgan fingerprint density at radius 3 is 2.79 bits per heavy atom. The fourth-order valence-corrected chi connectivity index (χ4v) is 2.72. The second-order valence-electron chi connectivity index (χ2n) is 3.87. The number of benzene rings is 1. The Morgan fingerprint density at radius 2 is 2.05 bits per heavy atom. The zero-order valence-electron chi connectivity index (χ0n) is 9.44. The second-order valence-corrected chi connectivity index (χ2v) is 5.64. The van der Waals surface area contributed by atoms with Crippen molar-refractivity contribution in [2.45, 2.75) is 0 Å². The number of anilines is 1. The van der Waals surface area contributed by atoms with E-state index in [2.05, 4.69) is 41.8 Å². The van der Waals surface area contributed by atoms with E-state index in [0.29, 0.717) is 21.3 Å². The Labute approximate surface area is 124 Å². The predicted molar refractivity (Wildman–Crippen MR) is 78.6 cm³/mol. The van der Waals surface area contributed by atoms with Crippen molar-refractivity contribution in [1.29, 1.82) is 0 Å². The summed E-state index contributed by atoms with van der Waals surface area (Å²) in [5, 5.41) is 0. The molecule has 0 aliphatic rings. The van der Waals surface area contributed by atoms with Crippen LogP contribution in [0.5, 0.6) is 0 Å². The van der Waals surface area contributed by atoms with Gasteiger partial charge in [-0.05, 0) is 50.1 Å². The van der Waals surface area contributed by atoms with E-state index >= 15 is 0 Å². The Kier molecular flexibility index (Phi) is 3.02. The number of hydrogen-bond donors (Lipinski definition) is 1. The molecule has 4 nitrogen and oxygen atoms in total. The number of imidazole rings is 1. The predicted octanol–water partition coefficient (Wildman–Crippen LogP) is 3.67. The topological polar surface area (TPSA) is 56.7 Å². The van der Waals surface area contributed by atoms with Gasteiger partial charge in [0.25, 0.3) is 0 Å². The summed E-state index contributed by atoms with van der Waals surface area (Å²) in [6, 6.07) is 6.50. The van der Waals surface area contributed by atoms with Crippen molar-refractivity contribution < 1.29 is 4.39 Å². The number of nitrogens with two attached hydrogens (primary N) is 1. The minimum Gasteiger partial charge on any atom is -0.369 e. The van der Waals surface area contributed by atoms with E-state index in [9.17, 15) is 4.39 Å². The lowest BCUT2D eigenvalue weighted by molar-refractivity contribution is 0.618. The Morgan fingerprint density at radius 1 is 1.26 bits per heavy atom. The number of para-hydroxylation sites is 1. The summed E-state index contributed by atoms with van der Waals surface area (Å²) in [6.45, 7) is 0. The highest BCUT2D eigenvalue weighted by molar-refractivity contribution is 9.10. The van der Waals surface area contributed by atoms with Gasteiger partial charge in [-0.2, -0.15) is 0 Å². The van der Waals surface area contributed by atoms with Crippen LogP contribution in [0.1, 0.15) is 0 Å². The molecular formula is C12H7Br2FN4. The molecule has 0 aliphatic carbocycles. The van der Waals surface area contributed by atoms with Gasteiger partial charge < -0.3 is 5.73 Å². The molecule has 96 valence electrons. The summed E-state index contributed by atoms with van der Waals surface area (Å²) < 4.78 is 16.9. The Bertz CT molecular complexity index is 764. The van der Waals surface area contributed by atoms with Gasteiger partial charge in [0.15, 0.2) is 5.65 Å². The van der Waals surface area contributed by atoms with Crippen LogP contribution in [-0.2, 0) is 0 Å². The number of aromatic nitrogens is 3. The lowest BCUT2D eigenvalue weighted by atomic mass is 10.3. The van der Waals surface area contributed by atoms with Gasteiger partial charge in [-0.15, -0.1) is 0 Å². The largest absolute Gasteiger partial charge is 0.369 e. The maximum absolute atomic E-state index is 14.0. The molecular weight excluding hydrogens is 379 g/mol. The molecule has 2 heterocycles. The maximum atomic E-state index is 14.0. The van der Waals surface area contributed by atoms with Gasteiger partial charge in [-0.1, -0.05) is 6.07 Å². The van der Waals surface area contributed by atoms with Gasteiger partial charge in [0.1, 0.15) is 17.0 Å². The van der Waals surface area contributed by atoms with Crippen molar-refractivity contribution >= 4 is 49.0 Å². The molecule has 0 spiro atoms. The SMILES string of the molecule is Nc1nc2cc(Br)cnc2n1-c1c(F)cccc1Br. The van der Waals surface area contributed by atoms with E-state index in [-0.39, 0.29) is 5.95 Å². The van der Waals surface area contributed by atoms with Gasteiger partial charge in [0.05, 0.1) is 0 Å². The summed E-state index contributed by atoms with van der Waals surface area (Å²) in [4.78, 5) is 8.44. The van der Waals surface area contributed by atoms with E-state index in [1.54, 1.807) is 24.4 Å². The summed E-state index contributed by atoms with van der Waals surface area (Å²) >= 11 is 6.64. The van der Waals surface area contributed by atoms with Crippen molar-refractivity contribution in [2.75, 3.05) is 5.73 Å². The van der Waals surface area contributed by atoms with Crippen LogP contribution in [-0.4, -0.2) is 14.5 Å². The fraction of sp³-hybridized carbons (Fsp3) is 0. The van der Waals surface area contributed by atoms with Crippen LogP contribution in [0.4, 0.5) is 10.3 Å². The van der Waals surface area contributed by atoms with Crippen molar-refractivity contribution in [1.82, 2.24) is 14.5 Å². The van der Waals surface area contributed by atoms with Crippen molar-refractivity contribution in [3.8, 4) is 5.69 Å². The quantitative estimate of drug-likeness (QED) is 0.695. The molecule has 3 rings (SSSR count). The Balaban J connectivity index is 2.40. The monoisotopic (exact) mass is 384 g/mol. The molecule has 0 bridgehead atoms. The molecule has 0 aliphatic heterocycles. The van der Waals surface area contributed by atoms with E-state index in [0.717, 1.165) is 4.47 Å². The summed E-state index contributed by atoms with van der Waals surface area (Å²) in [6.07, 6.45) is 1.62. The van der Waals surface area contributed by atoms with Crippen LogP contribution in [0.3, 0.4) is 0 Å². The van der Waals surface area contributed by atoms with E-state index < -0.39 is 5.82 Å². The maximum Gasteiger partial charge on any atom is 0.207 e. The van der Waals surface area contributed by atoms with Crippen LogP contribution in [0.15, 0.2) is 39.4 Å². The first-order valence-electron chi connectivity index (χ1n) is 5.32. The highest BCUT2D eigenvalue weighted by atomic mass is 79.9. The van der Waals surface area contributed by atoms with Crippen LogP contribution < -0.4 is 5.73 Å². The normalized spacial score (nSPS) is 11.1. The summed E-state index contributed by atoms with van der Waals surface area (Å²) in [5.41, 5.74) is 7.29. The van der Waals surface area contributed by atoms with Crippen LogP contribution in [0, 0.1) is 5.82 Å². The minimum absolute atomic E-state index is 0.186. The van der Waals surface area contributed by atoms with Crippen molar-refractivity contribution in [2.24, 2.45) is 0 Å². The number of pyridine rings is 1. The number of fused-ring (bicyclic) bond motifs is 1. The summed E-state index contributed by atoms with van der Waals surface area (Å²) in [7, 11) is 0. The molecule has 19 heavy (non-hydrogen) atoms. The molecule has 2 aromatic heterocycles. The van der Waals surface area contributed by atoms with E-state index in [1.807, 2.05) is 0 Å². The number of halogens is 3. The van der Waals surface area contributed by atoms with Crippen molar-refractivity contribution in [3.63, 3.8) is 0 Å². The number of hydrogen-bond acceptors (Lipinski definition) is 3. The highest BCUT2D eigenvalue weighted by Crippen LogP contribution is 2.30. The zero-order valence-corrected chi connectivity index (χ0v) is 12.6. The lowest BCUT2D eigenvalue weighted by Crippen LogP contribution is -2.04. The third-order valence-electron chi connectivity index (χ3n) is 2.65. The van der Waals surface area contributed by atoms with Gasteiger partial charge in [-0.3, -0.25) is 4.57 Å². The van der Waals surface area contributed by atoms with Gasteiger partial charge in [0, 0.05) is 15.1 Å². The molecule has 0 radical (unpaired) electrons. The molecule has 0 atom stereocenters. The molecule has 0 fully saturated rings. The standard InChI is InChI=1S/C12H7Br2FN4/c13-6-4-9-11(17-5-6)19(12(16)18-9)10-7(14)2-1-3-8(10)15/h1-5H,(H2,16,18). The molecule has 3 aromatic rings. The average Bonchev–Trinajstić information content (AvgIpc) is 2.65. The molecule has 0 saturated carbocycles. The first-order valence-corrected chi connectivity index (χ1v) is 6.90.